The van der Waals surface area contributed by atoms with Crippen LogP contribution in [0.2, 0.25) is 0 Å². The number of carbonyl (C=O) groups is 2. The van der Waals surface area contributed by atoms with Crippen LogP contribution in [-0.4, -0.2) is 25.5 Å². The van der Waals surface area contributed by atoms with Crippen molar-refractivity contribution in [1.82, 2.24) is 0 Å². The molecule has 0 saturated carbocycles. The molecule has 0 spiro atoms. The smallest absolute Gasteiger partial charge is 0.248 e. The molecule has 0 heterocycles. The van der Waals surface area contributed by atoms with Crippen molar-refractivity contribution < 1.29 is 19.1 Å². The number of primary amides is 1. The average molecular weight is 368 g/mol. The van der Waals surface area contributed by atoms with Gasteiger partial charge in [-0.3, -0.25) is 9.59 Å². The van der Waals surface area contributed by atoms with E-state index in [-0.39, 0.29) is 12.3 Å². The van der Waals surface area contributed by atoms with Gasteiger partial charge in [0.1, 0.15) is 0 Å². The Hall–Kier alpha value is -3.28. The van der Waals surface area contributed by atoms with Crippen LogP contribution in [0, 0.1) is 0 Å². The Morgan fingerprint density at radius 3 is 2.48 bits per heavy atom. The van der Waals surface area contributed by atoms with Crippen molar-refractivity contribution in [3.05, 3.63) is 59.7 Å². The van der Waals surface area contributed by atoms with Crippen LogP contribution in [0.4, 0.5) is 5.69 Å². The minimum atomic E-state index is -0.392. The molecule has 6 heteroatoms. The summed E-state index contributed by atoms with van der Waals surface area (Å²) in [6, 6.07) is 12.5. The molecule has 0 aliphatic rings. The molecule has 3 N–H and O–H groups in total. The number of methoxy groups -OCH3 is 1. The Bertz CT molecular complexity index is 813. The lowest BCUT2D eigenvalue weighted by molar-refractivity contribution is -0.117. The zero-order valence-electron chi connectivity index (χ0n) is 15.5. The summed E-state index contributed by atoms with van der Waals surface area (Å²) in [5, 5.41) is 2.76. The van der Waals surface area contributed by atoms with E-state index in [1.54, 1.807) is 37.5 Å². The van der Waals surface area contributed by atoms with E-state index in [0.717, 1.165) is 17.5 Å². The Morgan fingerprint density at radius 2 is 1.85 bits per heavy atom. The number of nitrogens with two attached hydrogens (primary N) is 1. The van der Waals surface area contributed by atoms with Crippen molar-refractivity contribution >= 4 is 23.6 Å². The van der Waals surface area contributed by atoms with Gasteiger partial charge in [0.25, 0.3) is 0 Å². The van der Waals surface area contributed by atoms with Gasteiger partial charge in [-0.2, -0.15) is 0 Å². The number of anilines is 1. The fraction of sp³-hybridized carbons (Fsp3) is 0.238. The lowest BCUT2D eigenvalue weighted by Crippen LogP contribution is -2.13. The summed E-state index contributed by atoms with van der Waals surface area (Å²) >= 11 is 0. The van der Waals surface area contributed by atoms with E-state index in [4.69, 9.17) is 15.2 Å². The second kappa shape index (κ2) is 10.0. The summed E-state index contributed by atoms with van der Waals surface area (Å²) in [4.78, 5) is 23.0. The summed E-state index contributed by atoms with van der Waals surface area (Å²) in [5.41, 5.74) is 7.42. The zero-order chi connectivity index (χ0) is 19.6. The second-order valence-corrected chi connectivity index (χ2v) is 5.92. The number of ether oxygens (including phenoxy) is 2. The highest BCUT2D eigenvalue weighted by molar-refractivity contribution is 6.02. The molecule has 2 amide bonds. The Labute approximate surface area is 159 Å². The molecule has 27 heavy (non-hydrogen) atoms. The van der Waals surface area contributed by atoms with Gasteiger partial charge in [0.15, 0.2) is 11.5 Å². The van der Waals surface area contributed by atoms with Crippen molar-refractivity contribution in [3.63, 3.8) is 0 Å². The predicted molar refractivity (Wildman–Crippen MR) is 106 cm³/mol. The van der Waals surface area contributed by atoms with Gasteiger partial charge < -0.3 is 20.5 Å². The zero-order valence-corrected chi connectivity index (χ0v) is 15.5. The number of benzene rings is 2. The Kier molecular flexibility index (Phi) is 7.43. The first-order chi connectivity index (χ1) is 13.0. The molecule has 0 atom stereocenters. The van der Waals surface area contributed by atoms with Gasteiger partial charge in [-0.25, -0.2) is 0 Å². The van der Waals surface area contributed by atoms with E-state index in [9.17, 15) is 9.59 Å². The van der Waals surface area contributed by atoms with Crippen LogP contribution < -0.4 is 20.5 Å². The van der Waals surface area contributed by atoms with Crippen LogP contribution in [0.25, 0.3) is 6.08 Å². The van der Waals surface area contributed by atoms with E-state index in [1.165, 1.54) is 6.08 Å². The van der Waals surface area contributed by atoms with Gasteiger partial charge in [0, 0.05) is 11.8 Å². The maximum absolute atomic E-state index is 12.1. The first-order valence-corrected chi connectivity index (χ1v) is 8.69. The topological polar surface area (TPSA) is 90.6 Å². The molecule has 0 aromatic heterocycles. The molecule has 0 fully saturated rings. The first kappa shape index (κ1) is 20.0. The van der Waals surface area contributed by atoms with Gasteiger partial charge in [-0.1, -0.05) is 25.1 Å². The first-order valence-electron chi connectivity index (χ1n) is 8.69. The number of amides is 2. The lowest BCUT2D eigenvalue weighted by Gasteiger charge is -2.10. The number of carbonyl (C=O) groups excluding carboxylic acids is 2. The quantitative estimate of drug-likeness (QED) is 0.665. The minimum Gasteiger partial charge on any atom is -0.493 e. The molecule has 0 aliphatic carbocycles. The van der Waals surface area contributed by atoms with Gasteiger partial charge >= 0.3 is 0 Å². The fourth-order valence-electron chi connectivity index (χ4n) is 2.38. The van der Waals surface area contributed by atoms with Gasteiger partial charge in [0.2, 0.25) is 11.8 Å². The van der Waals surface area contributed by atoms with Crippen molar-refractivity contribution in [2.45, 2.75) is 19.8 Å². The number of hydrogen-bond donors (Lipinski definition) is 2. The minimum absolute atomic E-state index is 0.175. The highest BCUT2D eigenvalue weighted by Gasteiger charge is 2.05. The molecular formula is C21H24N2O4. The van der Waals surface area contributed by atoms with Gasteiger partial charge in [-0.05, 0) is 47.9 Å². The van der Waals surface area contributed by atoms with Crippen molar-refractivity contribution in [2.24, 2.45) is 5.73 Å². The Morgan fingerprint density at radius 1 is 1.11 bits per heavy atom. The number of nitrogens with one attached hydrogen (secondary N) is 1. The largest absolute Gasteiger partial charge is 0.493 e. The molecule has 0 bridgehead atoms. The summed E-state index contributed by atoms with van der Waals surface area (Å²) < 4.78 is 10.9. The third kappa shape index (κ3) is 6.51. The molecule has 2 aromatic rings. The Balaban J connectivity index is 1.98. The average Bonchev–Trinajstić information content (AvgIpc) is 2.66. The van der Waals surface area contributed by atoms with Gasteiger partial charge in [0.05, 0.1) is 20.1 Å². The molecule has 0 aliphatic heterocycles. The summed E-state index contributed by atoms with van der Waals surface area (Å²) in [6.07, 6.45) is 4.23. The monoisotopic (exact) mass is 368 g/mol. The summed E-state index contributed by atoms with van der Waals surface area (Å²) in [7, 11) is 1.58. The number of hydrogen-bond acceptors (Lipinski definition) is 4. The van der Waals surface area contributed by atoms with Crippen LogP contribution in [0.1, 0.15) is 24.5 Å². The number of rotatable bonds is 9. The molecule has 0 saturated heterocycles. The molecule has 142 valence electrons. The van der Waals surface area contributed by atoms with E-state index in [2.05, 4.69) is 5.32 Å². The van der Waals surface area contributed by atoms with Crippen LogP contribution in [-0.2, 0) is 16.0 Å². The molecule has 2 rings (SSSR count). The standard InChI is InChI=1S/C21H24N2O4/c1-3-12-27-18-10-6-15(13-19(18)26-2)7-11-21(25)23-17-8-4-16(5-9-17)14-20(22)24/h4-11,13H,3,12,14H2,1-2H3,(H2,22,24)(H,23,25)/b11-7+. The molecule has 2 aromatic carbocycles. The van der Waals surface area contributed by atoms with Crippen LogP contribution in [0.5, 0.6) is 11.5 Å². The van der Waals surface area contributed by atoms with E-state index >= 15 is 0 Å². The van der Waals surface area contributed by atoms with Crippen molar-refractivity contribution in [2.75, 3.05) is 19.0 Å². The highest BCUT2D eigenvalue weighted by Crippen LogP contribution is 2.28. The summed E-state index contributed by atoms with van der Waals surface area (Å²) in [6.45, 7) is 2.65. The fourth-order valence-corrected chi connectivity index (χ4v) is 2.38. The van der Waals surface area contributed by atoms with Crippen LogP contribution >= 0.6 is 0 Å². The predicted octanol–water partition coefficient (Wildman–Crippen LogP) is 3.16. The van der Waals surface area contributed by atoms with Crippen LogP contribution in [0.3, 0.4) is 0 Å². The lowest BCUT2D eigenvalue weighted by atomic mass is 10.1. The maximum Gasteiger partial charge on any atom is 0.248 e. The van der Waals surface area contributed by atoms with Crippen molar-refractivity contribution in [3.8, 4) is 11.5 Å². The summed E-state index contributed by atoms with van der Waals surface area (Å²) in [5.74, 6) is 0.646. The molecule has 0 unspecified atom stereocenters. The SMILES string of the molecule is CCCOc1ccc(/C=C/C(=O)Nc2ccc(CC(N)=O)cc2)cc1OC. The third-order valence-electron chi connectivity index (χ3n) is 3.68. The molecular weight excluding hydrogens is 344 g/mol. The van der Waals surface area contributed by atoms with E-state index in [1.807, 2.05) is 25.1 Å². The van der Waals surface area contributed by atoms with Crippen molar-refractivity contribution in [1.29, 1.82) is 0 Å². The van der Waals surface area contributed by atoms with E-state index in [0.29, 0.717) is 23.8 Å². The van der Waals surface area contributed by atoms with Gasteiger partial charge in [-0.15, -0.1) is 0 Å². The molecule has 0 radical (unpaired) electrons. The third-order valence-corrected chi connectivity index (χ3v) is 3.68. The molecule has 6 nitrogen and oxygen atoms in total. The second-order valence-electron chi connectivity index (χ2n) is 5.92. The highest BCUT2D eigenvalue weighted by atomic mass is 16.5. The maximum atomic E-state index is 12.1. The van der Waals surface area contributed by atoms with E-state index < -0.39 is 5.91 Å². The normalized spacial score (nSPS) is 10.6. The van der Waals surface area contributed by atoms with Crippen LogP contribution in [0.15, 0.2) is 48.5 Å².